The predicted molar refractivity (Wildman–Crippen MR) is 84.5 cm³/mol. The molecule has 1 aromatic carbocycles. The number of nitrogens with two attached hydrogens (primary N) is 1. The van der Waals surface area contributed by atoms with Crippen LogP contribution in [0, 0.1) is 5.92 Å². The lowest BCUT2D eigenvalue weighted by molar-refractivity contribution is 0.293. The standard InChI is InChI=1S/C17H29NO2/c1-5-15(18)11-14-12-16(19-4)8-9-17(14)20-10-6-7-13(2)3/h8-9,12-13,15H,5-7,10-11,18H2,1-4H3. The summed E-state index contributed by atoms with van der Waals surface area (Å²) < 4.78 is 11.2. The third kappa shape index (κ3) is 5.83. The Hall–Kier alpha value is -1.22. The van der Waals surface area contributed by atoms with Crippen molar-refractivity contribution in [2.75, 3.05) is 13.7 Å². The normalized spacial score (nSPS) is 12.5. The van der Waals surface area contributed by atoms with E-state index in [9.17, 15) is 0 Å². The molecule has 3 heteroatoms. The number of hydrogen-bond donors (Lipinski definition) is 1. The van der Waals surface area contributed by atoms with E-state index in [4.69, 9.17) is 15.2 Å². The van der Waals surface area contributed by atoms with Gasteiger partial charge in [-0.1, -0.05) is 20.8 Å². The molecule has 3 nitrogen and oxygen atoms in total. The maximum atomic E-state index is 6.06. The van der Waals surface area contributed by atoms with E-state index >= 15 is 0 Å². The van der Waals surface area contributed by atoms with E-state index in [0.717, 1.165) is 48.8 Å². The zero-order valence-corrected chi connectivity index (χ0v) is 13.3. The Morgan fingerprint density at radius 3 is 2.60 bits per heavy atom. The summed E-state index contributed by atoms with van der Waals surface area (Å²) in [5.41, 5.74) is 7.21. The lowest BCUT2D eigenvalue weighted by Crippen LogP contribution is -2.21. The van der Waals surface area contributed by atoms with E-state index in [1.165, 1.54) is 6.42 Å². The van der Waals surface area contributed by atoms with Gasteiger partial charge in [0, 0.05) is 6.04 Å². The minimum absolute atomic E-state index is 0.167. The molecule has 0 aliphatic rings. The molecule has 1 unspecified atom stereocenters. The molecule has 0 aliphatic heterocycles. The lowest BCUT2D eigenvalue weighted by atomic mass is 10.0. The Labute approximate surface area is 123 Å². The van der Waals surface area contributed by atoms with Gasteiger partial charge in [-0.3, -0.25) is 0 Å². The molecular weight excluding hydrogens is 250 g/mol. The van der Waals surface area contributed by atoms with Gasteiger partial charge in [-0.25, -0.2) is 0 Å². The van der Waals surface area contributed by atoms with E-state index in [1.54, 1.807) is 7.11 Å². The molecule has 0 radical (unpaired) electrons. The molecule has 0 saturated carbocycles. The second kappa shape index (κ2) is 8.85. The quantitative estimate of drug-likeness (QED) is 0.699. The monoisotopic (exact) mass is 279 g/mol. The van der Waals surface area contributed by atoms with E-state index in [2.05, 4.69) is 20.8 Å². The average Bonchev–Trinajstić information content (AvgIpc) is 2.44. The molecular formula is C17H29NO2. The Morgan fingerprint density at radius 1 is 1.25 bits per heavy atom. The van der Waals surface area contributed by atoms with Crippen LogP contribution in [0.5, 0.6) is 11.5 Å². The fourth-order valence-corrected chi connectivity index (χ4v) is 2.08. The maximum absolute atomic E-state index is 6.06. The molecule has 0 spiro atoms. The molecule has 1 aromatic rings. The van der Waals surface area contributed by atoms with Crippen LogP contribution >= 0.6 is 0 Å². The molecule has 0 aromatic heterocycles. The number of hydrogen-bond acceptors (Lipinski definition) is 3. The lowest BCUT2D eigenvalue weighted by Gasteiger charge is -2.16. The fourth-order valence-electron chi connectivity index (χ4n) is 2.08. The first-order chi connectivity index (χ1) is 9.56. The van der Waals surface area contributed by atoms with Crippen molar-refractivity contribution in [2.45, 2.75) is 52.5 Å². The van der Waals surface area contributed by atoms with E-state index in [1.807, 2.05) is 18.2 Å². The molecule has 0 amide bonds. The van der Waals surface area contributed by atoms with Crippen molar-refractivity contribution in [1.82, 2.24) is 0 Å². The van der Waals surface area contributed by atoms with Crippen LogP contribution in [0.4, 0.5) is 0 Å². The van der Waals surface area contributed by atoms with Crippen molar-refractivity contribution in [3.8, 4) is 11.5 Å². The van der Waals surface area contributed by atoms with Crippen LogP contribution in [0.3, 0.4) is 0 Å². The first kappa shape index (κ1) is 16.8. The van der Waals surface area contributed by atoms with Crippen LogP contribution in [-0.2, 0) is 6.42 Å². The van der Waals surface area contributed by atoms with Crippen LogP contribution in [0.1, 0.15) is 45.6 Å². The van der Waals surface area contributed by atoms with Gasteiger partial charge >= 0.3 is 0 Å². The molecule has 0 heterocycles. The van der Waals surface area contributed by atoms with Gasteiger partial charge in [0.1, 0.15) is 11.5 Å². The average molecular weight is 279 g/mol. The molecule has 114 valence electrons. The summed E-state index contributed by atoms with van der Waals surface area (Å²) in [6.07, 6.45) is 4.07. The summed E-state index contributed by atoms with van der Waals surface area (Å²) >= 11 is 0. The second-order valence-corrected chi connectivity index (χ2v) is 5.73. The van der Waals surface area contributed by atoms with Crippen molar-refractivity contribution >= 4 is 0 Å². The first-order valence-electron chi connectivity index (χ1n) is 7.62. The van der Waals surface area contributed by atoms with E-state index in [-0.39, 0.29) is 6.04 Å². The molecule has 2 N–H and O–H groups in total. The summed E-state index contributed by atoms with van der Waals surface area (Å²) in [5, 5.41) is 0. The van der Waals surface area contributed by atoms with Crippen molar-refractivity contribution < 1.29 is 9.47 Å². The van der Waals surface area contributed by atoms with Crippen LogP contribution in [0.15, 0.2) is 18.2 Å². The topological polar surface area (TPSA) is 44.5 Å². The van der Waals surface area contributed by atoms with Gasteiger partial charge in [0.15, 0.2) is 0 Å². The Bertz CT molecular complexity index is 391. The molecule has 1 rings (SSSR count). The molecule has 0 bridgehead atoms. The zero-order chi connectivity index (χ0) is 15.0. The van der Waals surface area contributed by atoms with Crippen molar-refractivity contribution in [2.24, 2.45) is 11.7 Å². The van der Waals surface area contributed by atoms with Crippen LogP contribution in [0.25, 0.3) is 0 Å². The Kier molecular flexibility index (Phi) is 7.45. The summed E-state index contributed by atoms with van der Waals surface area (Å²) in [6, 6.07) is 6.14. The van der Waals surface area contributed by atoms with Crippen LogP contribution < -0.4 is 15.2 Å². The maximum Gasteiger partial charge on any atom is 0.122 e. The highest BCUT2D eigenvalue weighted by molar-refractivity contribution is 5.40. The molecule has 0 aliphatic carbocycles. The highest BCUT2D eigenvalue weighted by atomic mass is 16.5. The van der Waals surface area contributed by atoms with Crippen molar-refractivity contribution in [3.05, 3.63) is 23.8 Å². The molecule has 20 heavy (non-hydrogen) atoms. The van der Waals surface area contributed by atoms with Crippen molar-refractivity contribution in [3.63, 3.8) is 0 Å². The zero-order valence-electron chi connectivity index (χ0n) is 13.3. The molecule has 0 fully saturated rings. The van der Waals surface area contributed by atoms with Crippen LogP contribution in [0.2, 0.25) is 0 Å². The third-order valence-electron chi connectivity index (χ3n) is 3.46. The third-order valence-corrected chi connectivity index (χ3v) is 3.46. The largest absolute Gasteiger partial charge is 0.497 e. The fraction of sp³-hybridized carbons (Fsp3) is 0.647. The van der Waals surface area contributed by atoms with Crippen LogP contribution in [-0.4, -0.2) is 19.8 Å². The number of benzene rings is 1. The highest BCUT2D eigenvalue weighted by Gasteiger charge is 2.10. The van der Waals surface area contributed by atoms with Gasteiger partial charge < -0.3 is 15.2 Å². The number of ether oxygens (including phenoxy) is 2. The minimum Gasteiger partial charge on any atom is -0.497 e. The van der Waals surface area contributed by atoms with Gasteiger partial charge in [-0.15, -0.1) is 0 Å². The second-order valence-electron chi connectivity index (χ2n) is 5.73. The van der Waals surface area contributed by atoms with E-state index < -0.39 is 0 Å². The number of methoxy groups -OCH3 is 1. The number of rotatable bonds is 9. The van der Waals surface area contributed by atoms with Gasteiger partial charge in [-0.05, 0) is 55.4 Å². The van der Waals surface area contributed by atoms with Gasteiger partial charge in [0.25, 0.3) is 0 Å². The summed E-state index contributed by atoms with van der Waals surface area (Å²) in [4.78, 5) is 0. The van der Waals surface area contributed by atoms with Gasteiger partial charge in [-0.2, -0.15) is 0 Å². The summed E-state index contributed by atoms with van der Waals surface area (Å²) in [6.45, 7) is 7.34. The summed E-state index contributed by atoms with van der Waals surface area (Å²) in [5.74, 6) is 2.53. The molecule has 0 saturated heterocycles. The minimum atomic E-state index is 0.167. The Morgan fingerprint density at radius 2 is 2.00 bits per heavy atom. The highest BCUT2D eigenvalue weighted by Crippen LogP contribution is 2.26. The predicted octanol–water partition coefficient (Wildman–Crippen LogP) is 3.79. The SMILES string of the molecule is CCC(N)Cc1cc(OC)ccc1OCCCC(C)C. The van der Waals surface area contributed by atoms with Gasteiger partial charge in [0.05, 0.1) is 13.7 Å². The van der Waals surface area contributed by atoms with Crippen molar-refractivity contribution in [1.29, 1.82) is 0 Å². The molecule has 1 atom stereocenters. The van der Waals surface area contributed by atoms with Gasteiger partial charge in [0.2, 0.25) is 0 Å². The summed E-state index contributed by atoms with van der Waals surface area (Å²) in [7, 11) is 1.68. The van der Waals surface area contributed by atoms with E-state index in [0.29, 0.717) is 0 Å². The first-order valence-corrected chi connectivity index (χ1v) is 7.62. The smallest absolute Gasteiger partial charge is 0.122 e. The Balaban J connectivity index is 2.67.